The molecule has 0 aliphatic heterocycles. The van der Waals surface area contributed by atoms with Crippen molar-refractivity contribution in [3.05, 3.63) is 35.4 Å². The average molecular weight is 364 g/mol. The lowest BCUT2D eigenvalue weighted by Crippen LogP contribution is -2.54. The predicted octanol–water partition coefficient (Wildman–Crippen LogP) is 3.77. The zero-order chi connectivity index (χ0) is 19.3. The van der Waals surface area contributed by atoms with E-state index in [4.69, 9.17) is 0 Å². The zero-order valence-electron chi connectivity index (χ0n) is 16.6. The van der Waals surface area contributed by atoms with Crippen LogP contribution in [0.15, 0.2) is 24.3 Å². The van der Waals surface area contributed by atoms with E-state index in [9.17, 15) is 15.0 Å². The van der Waals surface area contributed by atoms with E-state index in [1.54, 1.807) is 6.92 Å². The van der Waals surface area contributed by atoms with Crippen molar-refractivity contribution in [2.24, 2.45) is 0 Å². The standard InChI is InChI=1S/C22H37NO3/c1-3-5-6-7-8-9-10-19-11-13-20(14-12-19)15-16-22(17-24,18-25)23-21(26)4-2/h11-14,24-25H,3-10,15-18H2,1-2H3,(H,23,26). The summed E-state index contributed by atoms with van der Waals surface area (Å²) in [6.45, 7) is 3.48. The summed E-state index contributed by atoms with van der Waals surface area (Å²) in [7, 11) is 0. The molecule has 148 valence electrons. The van der Waals surface area contributed by atoms with Crippen molar-refractivity contribution in [1.82, 2.24) is 5.32 Å². The van der Waals surface area contributed by atoms with Gasteiger partial charge in [0.1, 0.15) is 0 Å². The molecule has 0 unspecified atom stereocenters. The first-order valence-electron chi connectivity index (χ1n) is 10.2. The van der Waals surface area contributed by atoms with Gasteiger partial charge in [0.15, 0.2) is 0 Å². The minimum absolute atomic E-state index is 0.151. The van der Waals surface area contributed by atoms with Gasteiger partial charge in [0.2, 0.25) is 5.91 Å². The van der Waals surface area contributed by atoms with Crippen LogP contribution < -0.4 is 5.32 Å². The Morgan fingerprint density at radius 1 is 0.885 bits per heavy atom. The normalized spacial score (nSPS) is 11.5. The molecule has 26 heavy (non-hydrogen) atoms. The van der Waals surface area contributed by atoms with Crippen molar-refractivity contribution >= 4 is 5.91 Å². The van der Waals surface area contributed by atoms with Crippen LogP contribution in [0.3, 0.4) is 0 Å². The van der Waals surface area contributed by atoms with E-state index in [1.165, 1.54) is 44.1 Å². The highest BCUT2D eigenvalue weighted by molar-refractivity contribution is 5.76. The number of unbranched alkanes of at least 4 members (excludes halogenated alkanes) is 5. The number of nitrogens with one attached hydrogen (secondary N) is 1. The van der Waals surface area contributed by atoms with E-state index < -0.39 is 5.54 Å². The molecule has 0 heterocycles. The highest BCUT2D eigenvalue weighted by Gasteiger charge is 2.29. The lowest BCUT2D eigenvalue weighted by molar-refractivity contribution is -0.124. The number of benzene rings is 1. The van der Waals surface area contributed by atoms with E-state index in [2.05, 4.69) is 36.5 Å². The second-order valence-electron chi connectivity index (χ2n) is 7.33. The lowest BCUT2D eigenvalue weighted by atomic mass is 9.92. The maximum atomic E-state index is 11.7. The Hall–Kier alpha value is -1.39. The van der Waals surface area contributed by atoms with Gasteiger partial charge in [-0.25, -0.2) is 0 Å². The van der Waals surface area contributed by atoms with Gasteiger partial charge in [-0.1, -0.05) is 70.2 Å². The molecular formula is C22H37NO3. The molecule has 4 nitrogen and oxygen atoms in total. The number of aliphatic hydroxyl groups excluding tert-OH is 2. The third kappa shape index (κ3) is 8.33. The largest absolute Gasteiger partial charge is 0.394 e. The molecule has 4 heteroatoms. The summed E-state index contributed by atoms with van der Waals surface area (Å²) in [4.78, 5) is 11.7. The fourth-order valence-electron chi connectivity index (χ4n) is 3.10. The summed E-state index contributed by atoms with van der Waals surface area (Å²) in [5.41, 5.74) is 1.58. The molecule has 0 aromatic heterocycles. The highest BCUT2D eigenvalue weighted by atomic mass is 16.3. The lowest BCUT2D eigenvalue weighted by Gasteiger charge is -2.31. The topological polar surface area (TPSA) is 69.6 Å². The van der Waals surface area contributed by atoms with Crippen molar-refractivity contribution in [1.29, 1.82) is 0 Å². The van der Waals surface area contributed by atoms with E-state index in [0.717, 1.165) is 12.0 Å². The molecule has 0 fully saturated rings. The van der Waals surface area contributed by atoms with Crippen LogP contribution in [0.4, 0.5) is 0 Å². The number of carbonyl (C=O) groups is 1. The highest BCUT2D eigenvalue weighted by Crippen LogP contribution is 2.16. The van der Waals surface area contributed by atoms with Crippen LogP contribution in [0.1, 0.15) is 76.3 Å². The number of amides is 1. The Morgan fingerprint density at radius 2 is 1.42 bits per heavy atom. The molecule has 0 saturated carbocycles. The Morgan fingerprint density at radius 3 is 1.96 bits per heavy atom. The molecule has 0 spiro atoms. The predicted molar refractivity (Wildman–Crippen MR) is 107 cm³/mol. The van der Waals surface area contributed by atoms with E-state index >= 15 is 0 Å². The first-order chi connectivity index (χ1) is 12.6. The number of aliphatic hydroxyl groups is 2. The Balaban J connectivity index is 2.44. The summed E-state index contributed by atoms with van der Waals surface area (Å²) in [5.74, 6) is -0.151. The fourth-order valence-corrected chi connectivity index (χ4v) is 3.10. The zero-order valence-corrected chi connectivity index (χ0v) is 16.6. The van der Waals surface area contributed by atoms with Crippen molar-refractivity contribution in [2.45, 2.75) is 83.6 Å². The number of hydrogen-bond acceptors (Lipinski definition) is 3. The summed E-state index contributed by atoms with van der Waals surface area (Å²) in [6, 6.07) is 8.58. The first-order valence-corrected chi connectivity index (χ1v) is 10.2. The van der Waals surface area contributed by atoms with E-state index in [-0.39, 0.29) is 19.1 Å². The minimum Gasteiger partial charge on any atom is -0.394 e. The van der Waals surface area contributed by atoms with Crippen molar-refractivity contribution in [3.63, 3.8) is 0 Å². The van der Waals surface area contributed by atoms with E-state index in [0.29, 0.717) is 19.3 Å². The van der Waals surface area contributed by atoms with Gasteiger partial charge in [-0.15, -0.1) is 0 Å². The second kappa shape index (κ2) is 12.9. The van der Waals surface area contributed by atoms with Crippen LogP contribution in [-0.2, 0) is 17.6 Å². The molecule has 0 bridgehead atoms. The second-order valence-corrected chi connectivity index (χ2v) is 7.33. The Bertz CT molecular complexity index is 495. The maximum Gasteiger partial charge on any atom is 0.220 e. The fraction of sp³-hybridized carbons (Fsp3) is 0.682. The molecule has 0 radical (unpaired) electrons. The summed E-state index contributed by atoms with van der Waals surface area (Å²) in [5, 5.41) is 22.1. The van der Waals surface area contributed by atoms with Gasteiger partial charge < -0.3 is 15.5 Å². The van der Waals surface area contributed by atoms with Gasteiger partial charge in [0.05, 0.1) is 18.8 Å². The molecule has 0 aliphatic carbocycles. The van der Waals surface area contributed by atoms with Crippen LogP contribution in [0.2, 0.25) is 0 Å². The van der Waals surface area contributed by atoms with Crippen molar-refractivity contribution in [2.75, 3.05) is 13.2 Å². The van der Waals surface area contributed by atoms with Gasteiger partial charge in [-0.05, 0) is 36.8 Å². The van der Waals surface area contributed by atoms with Crippen LogP contribution in [0, 0.1) is 0 Å². The Kier molecular flexibility index (Phi) is 11.2. The van der Waals surface area contributed by atoms with Crippen molar-refractivity contribution < 1.29 is 15.0 Å². The molecular weight excluding hydrogens is 326 g/mol. The molecule has 3 N–H and O–H groups in total. The Labute approximate surface area is 159 Å². The van der Waals surface area contributed by atoms with Gasteiger partial charge in [-0.3, -0.25) is 4.79 Å². The number of hydrogen-bond donors (Lipinski definition) is 3. The monoisotopic (exact) mass is 363 g/mol. The van der Waals surface area contributed by atoms with E-state index in [1.807, 2.05) is 0 Å². The number of carbonyl (C=O) groups excluding carboxylic acids is 1. The third-order valence-corrected chi connectivity index (χ3v) is 5.07. The molecule has 1 rings (SSSR count). The molecule has 1 aromatic carbocycles. The van der Waals surface area contributed by atoms with Crippen LogP contribution in [0.5, 0.6) is 0 Å². The van der Waals surface area contributed by atoms with Gasteiger partial charge in [0, 0.05) is 6.42 Å². The molecule has 0 saturated heterocycles. The van der Waals surface area contributed by atoms with Gasteiger partial charge in [-0.2, -0.15) is 0 Å². The summed E-state index contributed by atoms with van der Waals surface area (Å²) >= 11 is 0. The maximum absolute atomic E-state index is 11.7. The smallest absolute Gasteiger partial charge is 0.220 e. The van der Waals surface area contributed by atoms with Crippen LogP contribution in [-0.4, -0.2) is 34.9 Å². The molecule has 0 atom stereocenters. The first kappa shape index (κ1) is 22.7. The van der Waals surface area contributed by atoms with Gasteiger partial charge in [0.25, 0.3) is 0 Å². The quantitative estimate of drug-likeness (QED) is 0.441. The van der Waals surface area contributed by atoms with Crippen LogP contribution >= 0.6 is 0 Å². The van der Waals surface area contributed by atoms with Gasteiger partial charge >= 0.3 is 0 Å². The molecule has 1 amide bonds. The number of rotatable bonds is 14. The third-order valence-electron chi connectivity index (χ3n) is 5.07. The average Bonchev–Trinajstić information content (AvgIpc) is 2.68. The minimum atomic E-state index is -0.940. The van der Waals surface area contributed by atoms with Crippen LogP contribution in [0.25, 0.3) is 0 Å². The summed E-state index contributed by atoms with van der Waals surface area (Å²) < 4.78 is 0. The summed E-state index contributed by atoms with van der Waals surface area (Å²) in [6.07, 6.45) is 10.5. The molecule has 1 aromatic rings. The SMILES string of the molecule is CCCCCCCCc1ccc(CCC(CO)(CO)NC(=O)CC)cc1. The molecule has 0 aliphatic rings. The van der Waals surface area contributed by atoms with Crippen molar-refractivity contribution in [3.8, 4) is 0 Å². The number of aryl methyl sites for hydroxylation is 2.